The van der Waals surface area contributed by atoms with E-state index in [-0.39, 0.29) is 76.5 Å². The summed E-state index contributed by atoms with van der Waals surface area (Å²) in [5.41, 5.74) is 11.4. The molecule has 0 spiro atoms. The maximum absolute atomic E-state index is 11.9. The molecule has 9 aromatic carbocycles. The topological polar surface area (TPSA) is 105 Å². The van der Waals surface area contributed by atoms with Gasteiger partial charge in [0.15, 0.2) is 5.78 Å². The van der Waals surface area contributed by atoms with Crippen LogP contribution >= 0.6 is 134 Å². The number of hydrogen-bond donors (Lipinski definition) is 2. The summed E-state index contributed by atoms with van der Waals surface area (Å²) < 4.78 is 0. The molecule has 7 nitrogen and oxygen atoms in total. The number of rotatable bonds is 16. The summed E-state index contributed by atoms with van der Waals surface area (Å²) in [6.07, 6.45) is 23.3. The minimum atomic E-state index is -0.299. The number of benzene rings is 9. The van der Waals surface area contributed by atoms with Gasteiger partial charge in [0.1, 0.15) is 5.78 Å². The first-order valence-electron chi connectivity index (χ1n) is 41.3. The van der Waals surface area contributed by atoms with E-state index in [1.165, 1.54) is 97.6 Å². The molecule has 19 heteroatoms. The Morgan fingerprint density at radius 2 is 0.678 bits per heavy atom. The predicted molar refractivity (Wildman–Crippen MR) is 521 cm³/mol. The molecule has 5 saturated carbocycles. The van der Waals surface area contributed by atoms with Crippen LogP contribution in [-0.4, -0.2) is 98.5 Å². The Bertz CT molecular complexity index is 4340. The van der Waals surface area contributed by atoms with Gasteiger partial charge in [-0.05, 0) is 240 Å². The van der Waals surface area contributed by atoms with E-state index in [1.807, 2.05) is 121 Å². The Kier molecular flexibility index (Phi) is 37.1. The van der Waals surface area contributed by atoms with Crippen LogP contribution in [0, 0.1) is 11.3 Å². The Morgan fingerprint density at radius 3 is 0.907 bits per heavy atom. The van der Waals surface area contributed by atoms with Crippen LogP contribution < -0.4 is 0 Å². The van der Waals surface area contributed by atoms with Gasteiger partial charge in [0.25, 0.3) is 0 Å². The number of Topliss-reactive ketones (excluding diaryl/α,β-unsaturated/α-hetero) is 2. The van der Waals surface area contributed by atoms with Gasteiger partial charge in [-0.15, -0.1) is 0 Å². The molecule has 0 aromatic heterocycles. The van der Waals surface area contributed by atoms with Crippen molar-refractivity contribution >= 4 is 159 Å². The van der Waals surface area contributed by atoms with Crippen molar-refractivity contribution in [3.05, 3.63) is 318 Å². The van der Waals surface area contributed by atoms with Gasteiger partial charge in [0.05, 0.1) is 39.9 Å². The largest absolute Gasteiger partial charge is 0.391 e. The molecule has 9 fully saturated rings. The summed E-state index contributed by atoms with van der Waals surface area (Å²) in [6.45, 7) is 10.4. The van der Waals surface area contributed by atoms with Crippen molar-refractivity contribution in [1.29, 1.82) is 5.26 Å². The lowest BCUT2D eigenvalue weighted by Crippen LogP contribution is -2.46. The fourth-order valence-corrected chi connectivity index (χ4v) is 22.7. The third-order valence-corrected chi connectivity index (χ3v) is 30.5. The Hall–Kier alpha value is -4.37. The molecule has 0 amide bonds. The van der Waals surface area contributed by atoms with E-state index in [2.05, 4.69) is 227 Å². The summed E-state index contributed by atoms with van der Waals surface area (Å²) in [5.74, 6) is 0.571. The van der Waals surface area contributed by atoms with Crippen molar-refractivity contribution in [2.45, 2.75) is 232 Å². The molecule has 4 saturated heterocycles. The van der Waals surface area contributed by atoms with Crippen LogP contribution in [-0.2, 0) is 47.5 Å². The minimum absolute atomic E-state index is 0. The van der Waals surface area contributed by atoms with E-state index in [0.717, 1.165) is 125 Å². The van der Waals surface area contributed by atoms with Crippen LogP contribution in [0.4, 0.5) is 0 Å². The van der Waals surface area contributed by atoms with Crippen LogP contribution in [0.2, 0.25) is 51.4 Å². The monoisotopic (exact) mass is 2000 g/mol. The number of aliphatic hydroxyl groups is 2. The van der Waals surface area contributed by atoms with Crippen molar-refractivity contribution in [1.82, 2.24) is 9.62 Å². The smallest absolute Gasteiger partial charge is 0.221 e. The highest BCUT2D eigenvalue weighted by atomic mass is 80.9. The van der Waals surface area contributed by atoms with Crippen molar-refractivity contribution < 1.29 is 19.8 Å². The maximum Gasteiger partial charge on any atom is 0.221 e. The molecule has 4 heterocycles. The summed E-state index contributed by atoms with van der Waals surface area (Å²) in [7, 11) is 0. The molecule has 2 N–H and O–H groups in total. The zero-order valence-corrected chi connectivity index (χ0v) is 78.5. The second-order valence-corrected chi connectivity index (χ2v) is 37.3. The first-order valence-corrected chi connectivity index (χ1v) is 50.3. The lowest BCUT2D eigenvalue weighted by molar-refractivity contribution is -0.125. The standard InChI is InChI=1S/2C19H22BN.2C12H14BrClO.C12H12BrClO.C12H13ClO.C11H10ClN.2CH4.Br2/c2*1-20-15-19(16-9-4-2-5-10-16,17-11-6-3-7-12-17)18-13-8-14-21(18)20;3*13-8-11(15)12(6-1-7-12)9-2-4-10(14)5-3-9;1-9(14)12(7-2-8-12)10-3-5-11(13)6-4-10;12-10-4-2-9(3-5-10)11(8-13)6-1-7-11;;;1-2/h2*2-7,9-12,18H,8,13-15H2,1H3;2*2-5,11,15H,1,6-8H2;2-5H,1,6-8H2;3-6H,2,7-8H2,1H3;2-5H,1,6-7H2;2*1H4;/t2*18-;2*11-;;;;;;/m1010....../s1. The van der Waals surface area contributed by atoms with E-state index in [4.69, 9.17) is 63.3 Å². The molecule has 626 valence electrons. The van der Waals surface area contributed by atoms with Crippen LogP contribution in [0.5, 0.6) is 0 Å². The lowest BCUT2D eigenvalue weighted by Gasteiger charge is -2.45. The number of carbonyl (C=O) groups excluding carboxylic acids is 2. The first-order chi connectivity index (χ1) is 56.1. The number of aliphatic hydroxyl groups excluding tert-OH is 2. The van der Waals surface area contributed by atoms with E-state index >= 15 is 0 Å². The highest BCUT2D eigenvalue weighted by Crippen LogP contribution is 2.55. The normalized spacial score (nSPS) is 20.6. The number of hydrogen-bond acceptors (Lipinski definition) is 7. The van der Waals surface area contributed by atoms with Crippen molar-refractivity contribution in [2.75, 3.05) is 29.1 Å². The Labute approximate surface area is 771 Å². The second-order valence-electron chi connectivity index (χ2n) is 33.2. The second kappa shape index (κ2) is 45.0. The summed E-state index contributed by atoms with van der Waals surface area (Å²) in [4.78, 5) is 29.0. The number of nitriles is 1. The first kappa shape index (κ1) is 97.4. The fraction of sp³-hybridized carbons (Fsp3) is 0.424. The Morgan fingerprint density at radius 1 is 0.407 bits per heavy atom. The fourth-order valence-electron chi connectivity index (χ4n) is 20.3. The molecule has 5 aliphatic carbocycles. The van der Waals surface area contributed by atoms with Gasteiger partial charge in [0, 0.05) is 97.8 Å². The van der Waals surface area contributed by atoms with E-state index in [9.17, 15) is 19.8 Å². The average molecular weight is 2010 g/mol. The van der Waals surface area contributed by atoms with Gasteiger partial charge in [0.2, 0.25) is 13.7 Å². The lowest BCUT2D eigenvalue weighted by atomic mass is 9.54. The molecule has 0 unspecified atom stereocenters. The quantitative estimate of drug-likeness (QED) is 0.0733. The van der Waals surface area contributed by atoms with Gasteiger partial charge in [-0.1, -0.05) is 342 Å². The number of fused-ring (bicyclic) bond motifs is 2. The predicted octanol–water partition coefficient (Wildman–Crippen LogP) is 28.5. The van der Waals surface area contributed by atoms with Gasteiger partial charge >= 0.3 is 0 Å². The summed E-state index contributed by atoms with van der Waals surface area (Å²) >= 11 is 44.7. The number of halogens is 10. The van der Waals surface area contributed by atoms with E-state index in [1.54, 1.807) is 6.92 Å². The zero-order chi connectivity index (χ0) is 82.7. The highest BCUT2D eigenvalue weighted by Gasteiger charge is 2.57. The average Bonchev–Trinajstić information content (AvgIpc) is 1.57. The third kappa shape index (κ3) is 21.1. The molecule has 4 atom stereocenters. The van der Waals surface area contributed by atoms with E-state index < -0.39 is 0 Å². The number of ketones is 2. The molecular weight excluding hydrogens is 1890 g/mol. The van der Waals surface area contributed by atoms with Gasteiger partial charge in [-0.3, -0.25) is 9.59 Å². The highest BCUT2D eigenvalue weighted by molar-refractivity contribution is 9.93. The van der Waals surface area contributed by atoms with Gasteiger partial charge < -0.3 is 19.8 Å². The SMILES string of the molecule is BrBr.C.C.CB1CC(c2ccccc2)(c2ccccc2)[C@@H]2CCCN12.CB1CC(c2ccccc2)(c2ccccc2)[C@H]2CCCN12.CC(=O)C1(c2ccc(Cl)cc2)CCC1.N#CC1(c2ccc(Cl)cc2)CCC1.O=C(CBr)C1(c2ccc(Cl)cc2)CCC1.O[C@@H](CBr)C1(c2ccc(Cl)cc2)CCC1.O[C@H](CBr)C1(c2ccc(Cl)cc2)CCC1. The third-order valence-electron chi connectivity index (χ3n) is 27.5. The summed E-state index contributed by atoms with van der Waals surface area (Å²) in [5, 5.41) is 34.6. The minimum Gasteiger partial charge on any atom is -0.391 e. The molecule has 4 aliphatic heterocycles. The maximum atomic E-state index is 11.9. The zero-order valence-electron chi connectivity index (χ0n) is 66.8. The van der Waals surface area contributed by atoms with Crippen LogP contribution in [0.3, 0.4) is 0 Å². The molecule has 0 bridgehead atoms. The van der Waals surface area contributed by atoms with Gasteiger partial charge in [-0.25, -0.2) is 0 Å². The number of carbonyl (C=O) groups is 2. The Balaban J connectivity index is 0.000000157. The van der Waals surface area contributed by atoms with Crippen molar-refractivity contribution in [2.24, 2.45) is 0 Å². The molecule has 9 aliphatic rings. The number of alkyl halides is 3. The molecule has 0 radical (unpaired) electrons. The van der Waals surface area contributed by atoms with Crippen LogP contribution in [0.15, 0.2) is 243 Å². The van der Waals surface area contributed by atoms with Crippen molar-refractivity contribution in [3.63, 3.8) is 0 Å². The molecule has 118 heavy (non-hydrogen) atoms. The van der Waals surface area contributed by atoms with E-state index in [0.29, 0.717) is 41.8 Å². The number of nitrogens with zero attached hydrogens (tertiary/aromatic N) is 3. The molecule has 9 aromatic rings. The van der Waals surface area contributed by atoms with Crippen LogP contribution in [0.25, 0.3) is 0 Å². The summed E-state index contributed by atoms with van der Waals surface area (Å²) in [6, 6.07) is 87.2. The van der Waals surface area contributed by atoms with Crippen LogP contribution in [0.1, 0.15) is 194 Å². The molecule has 18 rings (SSSR count). The van der Waals surface area contributed by atoms with Gasteiger partial charge in [-0.2, -0.15) is 5.26 Å². The molecular formula is C99H115B2Br5Cl5N3O4. The van der Waals surface area contributed by atoms with Crippen molar-refractivity contribution in [3.8, 4) is 6.07 Å².